The van der Waals surface area contributed by atoms with Gasteiger partial charge in [0.1, 0.15) is 12.0 Å². The number of aromatic nitrogens is 2. The van der Waals surface area contributed by atoms with Crippen molar-refractivity contribution in [3.05, 3.63) is 23.3 Å². The smallest absolute Gasteiger partial charge is 0.272 e. The molecule has 4 nitrogen and oxygen atoms in total. The van der Waals surface area contributed by atoms with E-state index in [9.17, 15) is 4.79 Å². The van der Waals surface area contributed by atoms with Crippen LogP contribution in [0.5, 0.6) is 0 Å². The summed E-state index contributed by atoms with van der Waals surface area (Å²) < 4.78 is 0. The van der Waals surface area contributed by atoms with Crippen molar-refractivity contribution in [2.45, 2.75) is 52.0 Å². The van der Waals surface area contributed by atoms with E-state index in [1.165, 1.54) is 25.6 Å². The van der Waals surface area contributed by atoms with Gasteiger partial charge in [-0.3, -0.25) is 4.79 Å². The number of aryl methyl sites for hydroxylation is 1. The standard InChI is InChI=1S/C14H21N3O/c1-10-11(2)15-9-16-13(10)14(18)17(3)12-7-5-4-6-8-12/h9,12H,4-8H2,1-3H3. The van der Waals surface area contributed by atoms with Crippen LogP contribution in [-0.4, -0.2) is 33.9 Å². The first-order valence-electron chi connectivity index (χ1n) is 6.66. The lowest BCUT2D eigenvalue weighted by Crippen LogP contribution is -2.39. The molecule has 98 valence electrons. The minimum Gasteiger partial charge on any atom is -0.337 e. The van der Waals surface area contributed by atoms with E-state index in [4.69, 9.17) is 0 Å². The number of hydrogen-bond acceptors (Lipinski definition) is 3. The Morgan fingerprint density at radius 1 is 1.22 bits per heavy atom. The van der Waals surface area contributed by atoms with Crippen molar-refractivity contribution < 1.29 is 4.79 Å². The quantitative estimate of drug-likeness (QED) is 0.806. The molecule has 0 radical (unpaired) electrons. The monoisotopic (exact) mass is 247 g/mol. The van der Waals surface area contributed by atoms with Gasteiger partial charge in [-0.05, 0) is 26.7 Å². The number of hydrogen-bond donors (Lipinski definition) is 0. The molecule has 1 saturated carbocycles. The molecule has 0 saturated heterocycles. The third kappa shape index (κ3) is 2.52. The maximum absolute atomic E-state index is 12.5. The third-order valence-electron chi connectivity index (χ3n) is 3.98. The largest absolute Gasteiger partial charge is 0.337 e. The fourth-order valence-corrected chi connectivity index (χ4v) is 2.56. The summed E-state index contributed by atoms with van der Waals surface area (Å²) in [5.41, 5.74) is 2.33. The molecule has 0 atom stereocenters. The van der Waals surface area contributed by atoms with Crippen LogP contribution in [0.4, 0.5) is 0 Å². The van der Waals surface area contributed by atoms with Gasteiger partial charge in [0.05, 0.1) is 0 Å². The number of carbonyl (C=O) groups is 1. The minimum atomic E-state index is 0.0323. The van der Waals surface area contributed by atoms with E-state index < -0.39 is 0 Å². The van der Waals surface area contributed by atoms with Gasteiger partial charge >= 0.3 is 0 Å². The van der Waals surface area contributed by atoms with Crippen molar-refractivity contribution in [3.63, 3.8) is 0 Å². The van der Waals surface area contributed by atoms with Crippen LogP contribution in [0, 0.1) is 13.8 Å². The second-order valence-electron chi connectivity index (χ2n) is 5.14. The maximum Gasteiger partial charge on any atom is 0.272 e. The normalized spacial score (nSPS) is 16.6. The number of carbonyl (C=O) groups excluding carboxylic acids is 1. The fraction of sp³-hybridized carbons (Fsp3) is 0.643. The molecule has 18 heavy (non-hydrogen) atoms. The zero-order valence-electron chi connectivity index (χ0n) is 11.4. The van der Waals surface area contributed by atoms with E-state index in [-0.39, 0.29) is 5.91 Å². The van der Waals surface area contributed by atoms with Crippen LogP contribution in [0.15, 0.2) is 6.33 Å². The van der Waals surface area contributed by atoms with Gasteiger partial charge in [0, 0.05) is 24.3 Å². The SMILES string of the molecule is Cc1ncnc(C(=O)N(C)C2CCCCC2)c1C. The highest BCUT2D eigenvalue weighted by Crippen LogP contribution is 2.23. The molecule has 2 rings (SSSR count). The molecule has 0 aromatic carbocycles. The fourth-order valence-electron chi connectivity index (χ4n) is 2.56. The van der Waals surface area contributed by atoms with Crippen LogP contribution in [-0.2, 0) is 0 Å². The highest BCUT2D eigenvalue weighted by Gasteiger charge is 2.25. The summed E-state index contributed by atoms with van der Waals surface area (Å²) in [5.74, 6) is 0.0323. The van der Waals surface area contributed by atoms with Gasteiger partial charge in [-0.25, -0.2) is 9.97 Å². The molecule has 1 aliphatic carbocycles. The molecule has 1 fully saturated rings. The Labute approximate surface area is 108 Å². The lowest BCUT2D eigenvalue weighted by atomic mass is 9.94. The number of nitrogens with zero attached hydrogens (tertiary/aromatic N) is 3. The zero-order valence-corrected chi connectivity index (χ0v) is 11.4. The molecule has 1 aromatic rings. The molecule has 1 amide bonds. The minimum absolute atomic E-state index is 0.0323. The van der Waals surface area contributed by atoms with Crippen LogP contribution in [0.3, 0.4) is 0 Å². The summed E-state index contributed by atoms with van der Waals surface area (Å²) in [7, 11) is 1.90. The van der Waals surface area contributed by atoms with Gasteiger partial charge in [0.15, 0.2) is 0 Å². The zero-order chi connectivity index (χ0) is 13.1. The lowest BCUT2D eigenvalue weighted by Gasteiger charge is -2.31. The van der Waals surface area contributed by atoms with Crippen molar-refractivity contribution in [2.24, 2.45) is 0 Å². The van der Waals surface area contributed by atoms with E-state index in [1.54, 1.807) is 0 Å². The molecule has 4 heteroatoms. The summed E-state index contributed by atoms with van der Waals surface area (Å²) in [4.78, 5) is 22.6. The van der Waals surface area contributed by atoms with Gasteiger partial charge in [0.2, 0.25) is 0 Å². The van der Waals surface area contributed by atoms with Gasteiger partial charge < -0.3 is 4.90 Å². The van der Waals surface area contributed by atoms with Crippen LogP contribution in [0.1, 0.15) is 53.8 Å². The summed E-state index contributed by atoms with van der Waals surface area (Å²) in [6, 6.07) is 0.376. The summed E-state index contributed by atoms with van der Waals surface area (Å²) in [6.07, 6.45) is 7.46. The molecular weight excluding hydrogens is 226 g/mol. The van der Waals surface area contributed by atoms with Crippen molar-refractivity contribution in [3.8, 4) is 0 Å². The molecule has 0 bridgehead atoms. The summed E-state index contributed by atoms with van der Waals surface area (Å²) >= 11 is 0. The van der Waals surface area contributed by atoms with Crippen molar-refractivity contribution >= 4 is 5.91 Å². The Balaban J connectivity index is 2.17. The second-order valence-corrected chi connectivity index (χ2v) is 5.14. The predicted molar refractivity (Wildman–Crippen MR) is 70.5 cm³/mol. The van der Waals surface area contributed by atoms with Crippen molar-refractivity contribution in [2.75, 3.05) is 7.05 Å². The van der Waals surface area contributed by atoms with Crippen LogP contribution < -0.4 is 0 Å². The first kappa shape index (κ1) is 13.0. The summed E-state index contributed by atoms with van der Waals surface area (Å²) in [5, 5.41) is 0. The molecule has 1 aromatic heterocycles. The predicted octanol–water partition coefficient (Wildman–Crippen LogP) is 2.50. The van der Waals surface area contributed by atoms with Crippen LogP contribution >= 0.6 is 0 Å². The van der Waals surface area contributed by atoms with Crippen molar-refractivity contribution in [1.29, 1.82) is 0 Å². The summed E-state index contributed by atoms with van der Waals surface area (Å²) in [6.45, 7) is 3.83. The van der Waals surface area contributed by atoms with E-state index in [0.717, 1.165) is 24.1 Å². The Kier molecular flexibility index (Phi) is 3.94. The highest BCUT2D eigenvalue weighted by atomic mass is 16.2. The first-order chi connectivity index (χ1) is 8.61. The van der Waals surface area contributed by atoms with Crippen molar-refractivity contribution in [1.82, 2.24) is 14.9 Å². The Hall–Kier alpha value is -1.45. The van der Waals surface area contributed by atoms with Crippen LogP contribution in [0.25, 0.3) is 0 Å². The first-order valence-corrected chi connectivity index (χ1v) is 6.66. The average Bonchev–Trinajstić information content (AvgIpc) is 2.41. The van der Waals surface area contributed by atoms with E-state index in [1.807, 2.05) is 25.8 Å². The van der Waals surface area contributed by atoms with E-state index >= 15 is 0 Å². The molecule has 1 aliphatic rings. The maximum atomic E-state index is 12.5. The molecule has 0 aliphatic heterocycles. The van der Waals surface area contributed by atoms with Crippen LogP contribution in [0.2, 0.25) is 0 Å². The van der Waals surface area contributed by atoms with Gasteiger partial charge in [-0.2, -0.15) is 0 Å². The topological polar surface area (TPSA) is 46.1 Å². The van der Waals surface area contributed by atoms with Gasteiger partial charge in [-0.1, -0.05) is 19.3 Å². The second kappa shape index (κ2) is 5.46. The Bertz CT molecular complexity index is 439. The van der Waals surface area contributed by atoms with E-state index in [2.05, 4.69) is 9.97 Å². The Morgan fingerprint density at radius 3 is 2.56 bits per heavy atom. The highest BCUT2D eigenvalue weighted by molar-refractivity contribution is 5.93. The lowest BCUT2D eigenvalue weighted by molar-refractivity contribution is 0.0689. The number of rotatable bonds is 2. The molecular formula is C14H21N3O. The molecule has 0 spiro atoms. The molecule has 1 heterocycles. The van der Waals surface area contributed by atoms with E-state index in [0.29, 0.717) is 11.7 Å². The van der Waals surface area contributed by atoms with Gasteiger partial charge in [0.25, 0.3) is 5.91 Å². The molecule has 0 unspecified atom stereocenters. The van der Waals surface area contributed by atoms with Gasteiger partial charge in [-0.15, -0.1) is 0 Å². The third-order valence-corrected chi connectivity index (χ3v) is 3.98. The average molecular weight is 247 g/mol. The molecule has 0 N–H and O–H groups in total. The number of amides is 1. The Morgan fingerprint density at radius 2 is 1.89 bits per heavy atom.